The van der Waals surface area contributed by atoms with Gasteiger partial charge in [0.2, 0.25) is 0 Å². The predicted molar refractivity (Wildman–Crippen MR) is 58.2 cm³/mol. The average molecular weight is 203 g/mol. The maximum Gasteiger partial charge on any atom is 0.251 e. The molecule has 78 valence electrons. The van der Waals surface area contributed by atoms with E-state index in [0.29, 0.717) is 24.2 Å². The number of nitrogens with two attached hydrogens (primary N) is 1. The van der Waals surface area contributed by atoms with Gasteiger partial charge in [-0.2, -0.15) is 5.26 Å². The molecule has 4 nitrogen and oxygen atoms in total. The van der Waals surface area contributed by atoms with Crippen molar-refractivity contribution in [1.82, 2.24) is 5.32 Å². The van der Waals surface area contributed by atoms with E-state index in [0.717, 1.165) is 5.56 Å². The number of benzene rings is 1. The van der Waals surface area contributed by atoms with Gasteiger partial charge in [-0.3, -0.25) is 4.79 Å². The summed E-state index contributed by atoms with van der Waals surface area (Å²) < 4.78 is 0. The first-order chi connectivity index (χ1) is 7.16. The molecular weight excluding hydrogens is 190 g/mol. The van der Waals surface area contributed by atoms with Gasteiger partial charge in [-0.05, 0) is 24.6 Å². The molecule has 0 aliphatic rings. The monoisotopic (exact) mass is 203 g/mol. The Hall–Kier alpha value is -2.02. The Morgan fingerprint density at radius 2 is 2.33 bits per heavy atom. The first-order valence-electron chi connectivity index (χ1n) is 4.67. The Morgan fingerprint density at radius 3 is 3.00 bits per heavy atom. The molecule has 0 saturated heterocycles. The summed E-state index contributed by atoms with van der Waals surface area (Å²) in [6.45, 7) is 2.16. The minimum absolute atomic E-state index is 0.185. The highest BCUT2D eigenvalue weighted by molar-refractivity contribution is 5.96. The Kier molecular flexibility index (Phi) is 3.69. The lowest BCUT2D eigenvalue weighted by Gasteiger charge is -2.07. The van der Waals surface area contributed by atoms with Crippen LogP contribution in [0.1, 0.15) is 22.3 Å². The molecule has 0 aromatic heterocycles. The SMILES string of the molecule is Cc1c(N)cccc1C(=O)NCCC#N. The van der Waals surface area contributed by atoms with Crippen LogP contribution in [0.15, 0.2) is 18.2 Å². The van der Waals surface area contributed by atoms with Crippen LogP contribution in [0, 0.1) is 18.3 Å². The summed E-state index contributed by atoms with van der Waals surface area (Å²) in [6.07, 6.45) is 0.313. The van der Waals surface area contributed by atoms with Crippen LogP contribution < -0.4 is 11.1 Å². The minimum Gasteiger partial charge on any atom is -0.398 e. The normalized spacial score (nSPS) is 9.33. The van der Waals surface area contributed by atoms with Crippen LogP contribution in [-0.2, 0) is 0 Å². The van der Waals surface area contributed by atoms with Gasteiger partial charge in [0.1, 0.15) is 0 Å². The van der Waals surface area contributed by atoms with Crippen molar-refractivity contribution in [1.29, 1.82) is 5.26 Å². The highest BCUT2D eigenvalue weighted by Crippen LogP contribution is 2.14. The zero-order valence-corrected chi connectivity index (χ0v) is 8.58. The number of carbonyl (C=O) groups is 1. The van der Waals surface area contributed by atoms with Crippen LogP contribution in [0.4, 0.5) is 5.69 Å². The molecule has 0 bridgehead atoms. The van der Waals surface area contributed by atoms with Gasteiger partial charge in [0, 0.05) is 17.8 Å². The maximum absolute atomic E-state index is 11.6. The van der Waals surface area contributed by atoms with Gasteiger partial charge in [-0.25, -0.2) is 0 Å². The quantitative estimate of drug-likeness (QED) is 0.572. The van der Waals surface area contributed by atoms with Crippen molar-refractivity contribution in [3.8, 4) is 6.07 Å². The summed E-state index contributed by atoms with van der Waals surface area (Å²) >= 11 is 0. The van der Waals surface area contributed by atoms with Crippen LogP contribution in [0.3, 0.4) is 0 Å². The molecule has 0 radical (unpaired) electrons. The van der Waals surface area contributed by atoms with E-state index in [2.05, 4.69) is 5.32 Å². The smallest absolute Gasteiger partial charge is 0.251 e. The van der Waals surface area contributed by atoms with Gasteiger partial charge in [0.15, 0.2) is 0 Å². The third-order valence-electron chi connectivity index (χ3n) is 2.14. The molecule has 1 aromatic carbocycles. The van der Waals surface area contributed by atoms with Crippen molar-refractivity contribution in [2.24, 2.45) is 0 Å². The first kappa shape index (κ1) is 11.1. The molecule has 0 saturated carbocycles. The lowest BCUT2D eigenvalue weighted by Crippen LogP contribution is -2.25. The molecule has 4 heteroatoms. The fourth-order valence-corrected chi connectivity index (χ4v) is 1.23. The molecule has 1 rings (SSSR count). The van der Waals surface area contributed by atoms with Crippen molar-refractivity contribution in [2.45, 2.75) is 13.3 Å². The second-order valence-corrected chi connectivity index (χ2v) is 3.18. The van der Waals surface area contributed by atoms with Crippen molar-refractivity contribution >= 4 is 11.6 Å². The minimum atomic E-state index is -0.185. The summed E-state index contributed by atoms with van der Waals surface area (Å²) in [4.78, 5) is 11.6. The molecule has 1 amide bonds. The predicted octanol–water partition coefficient (Wildman–Crippen LogP) is 1.22. The molecular formula is C11H13N3O. The standard InChI is InChI=1S/C11H13N3O/c1-8-9(4-2-5-10(8)13)11(15)14-7-3-6-12/h2,4-5H,3,7,13H2,1H3,(H,14,15). The maximum atomic E-state index is 11.6. The van der Waals surface area contributed by atoms with Crippen molar-refractivity contribution in [2.75, 3.05) is 12.3 Å². The molecule has 1 aromatic rings. The number of rotatable bonds is 3. The number of hydrogen-bond acceptors (Lipinski definition) is 3. The fraction of sp³-hybridized carbons (Fsp3) is 0.273. The second kappa shape index (κ2) is 5.01. The summed E-state index contributed by atoms with van der Waals surface area (Å²) in [7, 11) is 0. The van der Waals surface area contributed by atoms with E-state index in [1.807, 2.05) is 6.07 Å². The zero-order chi connectivity index (χ0) is 11.3. The number of nitrogens with one attached hydrogen (secondary N) is 1. The number of amides is 1. The van der Waals surface area contributed by atoms with Crippen LogP contribution >= 0.6 is 0 Å². The van der Waals surface area contributed by atoms with E-state index >= 15 is 0 Å². The topological polar surface area (TPSA) is 78.9 Å². The second-order valence-electron chi connectivity index (χ2n) is 3.18. The van der Waals surface area contributed by atoms with Gasteiger partial charge in [-0.1, -0.05) is 6.07 Å². The van der Waals surface area contributed by atoms with Gasteiger partial charge >= 0.3 is 0 Å². The lowest BCUT2D eigenvalue weighted by molar-refractivity contribution is 0.0954. The van der Waals surface area contributed by atoms with Gasteiger partial charge < -0.3 is 11.1 Å². The Balaban J connectivity index is 2.75. The fourth-order valence-electron chi connectivity index (χ4n) is 1.23. The van der Waals surface area contributed by atoms with Crippen molar-refractivity contribution < 1.29 is 4.79 Å². The first-order valence-corrected chi connectivity index (χ1v) is 4.67. The summed E-state index contributed by atoms with van der Waals surface area (Å²) in [5.41, 5.74) is 7.61. The Bertz CT molecular complexity index is 407. The number of nitrogens with zero attached hydrogens (tertiary/aromatic N) is 1. The van der Waals surface area contributed by atoms with E-state index < -0.39 is 0 Å². The number of anilines is 1. The molecule has 15 heavy (non-hydrogen) atoms. The number of nitrogen functional groups attached to an aromatic ring is 1. The molecule has 0 unspecified atom stereocenters. The summed E-state index contributed by atoms with van der Waals surface area (Å²) in [5, 5.41) is 11.0. The van der Waals surface area contributed by atoms with E-state index in [1.54, 1.807) is 25.1 Å². The molecule has 0 fully saturated rings. The van der Waals surface area contributed by atoms with Crippen molar-refractivity contribution in [3.05, 3.63) is 29.3 Å². The van der Waals surface area contributed by atoms with Crippen LogP contribution in [-0.4, -0.2) is 12.5 Å². The molecule has 3 N–H and O–H groups in total. The summed E-state index contributed by atoms with van der Waals surface area (Å²) in [5.74, 6) is -0.185. The third kappa shape index (κ3) is 2.71. The van der Waals surface area contributed by atoms with Gasteiger partial charge in [0.25, 0.3) is 5.91 Å². The largest absolute Gasteiger partial charge is 0.398 e. The van der Waals surface area contributed by atoms with Gasteiger partial charge in [0.05, 0.1) is 12.5 Å². The number of nitriles is 1. The van der Waals surface area contributed by atoms with Crippen LogP contribution in [0.2, 0.25) is 0 Å². The van der Waals surface area contributed by atoms with Crippen LogP contribution in [0.5, 0.6) is 0 Å². The zero-order valence-electron chi connectivity index (χ0n) is 8.58. The van der Waals surface area contributed by atoms with Crippen molar-refractivity contribution in [3.63, 3.8) is 0 Å². The lowest BCUT2D eigenvalue weighted by atomic mass is 10.1. The summed E-state index contributed by atoms with van der Waals surface area (Å²) in [6, 6.07) is 7.17. The number of hydrogen-bond donors (Lipinski definition) is 2. The van der Waals surface area contributed by atoms with E-state index in [-0.39, 0.29) is 5.91 Å². The van der Waals surface area contributed by atoms with E-state index in [9.17, 15) is 4.79 Å². The van der Waals surface area contributed by atoms with E-state index in [1.165, 1.54) is 0 Å². The molecule has 0 aliphatic heterocycles. The number of carbonyl (C=O) groups excluding carboxylic acids is 1. The Morgan fingerprint density at radius 1 is 1.60 bits per heavy atom. The highest BCUT2D eigenvalue weighted by Gasteiger charge is 2.09. The van der Waals surface area contributed by atoms with Gasteiger partial charge in [-0.15, -0.1) is 0 Å². The molecule has 0 atom stereocenters. The molecule has 0 aliphatic carbocycles. The average Bonchev–Trinajstić information content (AvgIpc) is 2.22. The molecule has 0 heterocycles. The third-order valence-corrected chi connectivity index (χ3v) is 2.14. The Labute approximate surface area is 88.7 Å². The van der Waals surface area contributed by atoms with E-state index in [4.69, 9.17) is 11.0 Å². The molecule has 0 spiro atoms. The highest BCUT2D eigenvalue weighted by atomic mass is 16.1. The van der Waals surface area contributed by atoms with Crippen LogP contribution in [0.25, 0.3) is 0 Å².